The lowest BCUT2D eigenvalue weighted by Crippen LogP contribution is -2.33. The molecule has 152 valence electrons. The molecule has 6 nitrogen and oxygen atoms in total. The Morgan fingerprint density at radius 2 is 1.93 bits per heavy atom. The minimum absolute atomic E-state index is 0.0380. The maximum atomic E-state index is 13.0. The van der Waals surface area contributed by atoms with E-state index in [9.17, 15) is 4.79 Å². The highest BCUT2D eigenvalue weighted by atomic mass is 35.5. The molecular weight excluding hydrogens is 390 g/mol. The van der Waals surface area contributed by atoms with Gasteiger partial charge < -0.3 is 14.8 Å². The molecule has 0 bridgehead atoms. The average Bonchev–Trinajstić information content (AvgIpc) is 3.18. The molecule has 0 radical (unpaired) electrons. The number of halogens is 1. The number of nitrogens with one attached hydrogen (secondary N) is 1. The van der Waals surface area contributed by atoms with Crippen LogP contribution in [0.1, 0.15) is 30.8 Å². The number of nitrogens with zero attached hydrogens (tertiary/aromatic N) is 2. The molecule has 0 saturated heterocycles. The van der Waals surface area contributed by atoms with Gasteiger partial charge in [0.05, 0.1) is 30.6 Å². The fourth-order valence-electron chi connectivity index (χ4n) is 2.89. The molecule has 1 aromatic heterocycles. The van der Waals surface area contributed by atoms with Crippen LogP contribution in [0.3, 0.4) is 0 Å². The second-order valence-corrected chi connectivity index (χ2v) is 7.03. The SMILES string of the molecule is CCC(C)NC(=O)c1cc(-c2ccc(OC)cc2OC)nn1-c1ccccc1Cl. The van der Waals surface area contributed by atoms with E-state index in [1.54, 1.807) is 37.1 Å². The summed E-state index contributed by atoms with van der Waals surface area (Å²) in [5.74, 6) is 1.05. The van der Waals surface area contributed by atoms with Crippen LogP contribution in [-0.4, -0.2) is 35.9 Å². The van der Waals surface area contributed by atoms with Crippen LogP contribution < -0.4 is 14.8 Å². The molecule has 2 aromatic carbocycles. The second-order valence-electron chi connectivity index (χ2n) is 6.63. The summed E-state index contributed by atoms with van der Waals surface area (Å²) in [5, 5.41) is 8.17. The van der Waals surface area contributed by atoms with Gasteiger partial charge in [-0.2, -0.15) is 5.10 Å². The normalized spacial score (nSPS) is 11.8. The van der Waals surface area contributed by atoms with Crippen molar-refractivity contribution in [3.05, 3.63) is 59.2 Å². The molecule has 1 atom stereocenters. The maximum absolute atomic E-state index is 13.0. The minimum Gasteiger partial charge on any atom is -0.497 e. The third kappa shape index (κ3) is 4.38. The molecule has 0 fully saturated rings. The monoisotopic (exact) mass is 413 g/mol. The number of aromatic nitrogens is 2. The molecule has 3 aromatic rings. The van der Waals surface area contributed by atoms with E-state index in [4.69, 9.17) is 21.1 Å². The molecule has 1 amide bonds. The smallest absolute Gasteiger partial charge is 0.270 e. The molecular formula is C22H24ClN3O3. The third-order valence-electron chi connectivity index (χ3n) is 4.70. The molecule has 0 saturated carbocycles. The van der Waals surface area contributed by atoms with Gasteiger partial charge in [0.25, 0.3) is 5.91 Å². The van der Waals surface area contributed by atoms with E-state index < -0.39 is 0 Å². The van der Waals surface area contributed by atoms with Crippen LogP contribution in [0.25, 0.3) is 16.9 Å². The highest BCUT2D eigenvalue weighted by Crippen LogP contribution is 2.34. The van der Waals surface area contributed by atoms with Crippen molar-refractivity contribution in [1.82, 2.24) is 15.1 Å². The molecule has 1 unspecified atom stereocenters. The van der Waals surface area contributed by atoms with E-state index >= 15 is 0 Å². The molecule has 7 heteroatoms. The number of carbonyl (C=O) groups is 1. The van der Waals surface area contributed by atoms with Gasteiger partial charge in [0.15, 0.2) is 0 Å². The van der Waals surface area contributed by atoms with E-state index in [0.29, 0.717) is 33.6 Å². The van der Waals surface area contributed by atoms with E-state index in [0.717, 1.165) is 12.0 Å². The van der Waals surface area contributed by atoms with Crippen LogP contribution in [0.4, 0.5) is 0 Å². The maximum Gasteiger partial charge on any atom is 0.270 e. The first-order valence-electron chi connectivity index (χ1n) is 9.36. The Morgan fingerprint density at radius 3 is 2.59 bits per heavy atom. The van der Waals surface area contributed by atoms with Gasteiger partial charge in [0, 0.05) is 17.7 Å². The number of hydrogen-bond donors (Lipinski definition) is 1. The van der Waals surface area contributed by atoms with Gasteiger partial charge in [0.1, 0.15) is 17.2 Å². The predicted octanol–water partition coefficient (Wildman–Crippen LogP) is 4.74. The number of ether oxygens (including phenoxy) is 2. The van der Waals surface area contributed by atoms with Crippen molar-refractivity contribution in [3.8, 4) is 28.4 Å². The first-order valence-corrected chi connectivity index (χ1v) is 9.74. The van der Waals surface area contributed by atoms with Gasteiger partial charge in [-0.25, -0.2) is 4.68 Å². The van der Waals surface area contributed by atoms with Gasteiger partial charge in [-0.3, -0.25) is 4.79 Å². The fourth-order valence-corrected chi connectivity index (χ4v) is 3.11. The zero-order chi connectivity index (χ0) is 21.0. The van der Waals surface area contributed by atoms with Gasteiger partial charge in [-0.1, -0.05) is 30.7 Å². The van der Waals surface area contributed by atoms with Crippen molar-refractivity contribution in [2.24, 2.45) is 0 Å². The summed E-state index contributed by atoms with van der Waals surface area (Å²) in [6, 6.07) is 14.5. The lowest BCUT2D eigenvalue weighted by molar-refractivity contribution is 0.0931. The average molecular weight is 414 g/mol. The Morgan fingerprint density at radius 1 is 1.17 bits per heavy atom. The van der Waals surface area contributed by atoms with Crippen LogP contribution in [-0.2, 0) is 0 Å². The summed E-state index contributed by atoms with van der Waals surface area (Å²) in [7, 11) is 3.18. The summed E-state index contributed by atoms with van der Waals surface area (Å²) in [4.78, 5) is 13.0. The quantitative estimate of drug-likeness (QED) is 0.607. The molecule has 0 aliphatic carbocycles. The van der Waals surface area contributed by atoms with Gasteiger partial charge in [-0.15, -0.1) is 0 Å². The molecule has 3 rings (SSSR count). The summed E-state index contributed by atoms with van der Waals surface area (Å²) in [6.07, 6.45) is 0.825. The highest BCUT2D eigenvalue weighted by molar-refractivity contribution is 6.32. The van der Waals surface area contributed by atoms with Crippen LogP contribution in [0.2, 0.25) is 5.02 Å². The Labute approximate surface area is 175 Å². The molecule has 29 heavy (non-hydrogen) atoms. The number of methoxy groups -OCH3 is 2. The predicted molar refractivity (Wildman–Crippen MR) is 114 cm³/mol. The highest BCUT2D eigenvalue weighted by Gasteiger charge is 2.21. The lowest BCUT2D eigenvalue weighted by atomic mass is 10.1. The Balaban J connectivity index is 2.15. The number of rotatable bonds is 7. The summed E-state index contributed by atoms with van der Waals surface area (Å²) in [6.45, 7) is 3.98. The Hall–Kier alpha value is -2.99. The standard InChI is InChI=1S/C22H24ClN3O3/c1-5-14(2)24-22(27)20-13-18(16-11-10-15(28-3)12-21(16)29-4)25-26(20)19-9-7-6-8-17(19)23/h6-14H,5H2,1-4H3,(H,24,27). The van der Waals surface area contributed by atoms with Crippen LogP contribution in [0, 0.1) is 0 Å². The zero-order valence-corrected chi connectivity index (χ0v) is 17.7. The Bertz CT molecular complexity index is 1020. The number of hydrogen-bond acceptors (Lipinski definition) is 4. The molecule has 0 spiro atoms. The second kappa shape index (κ2) is 9.01. The molecule has 1 N–H and O–H groups in total. The minimum atomic E-state index is -0.217. The number of amides is 1. The van der Waals surface area contributed by atoms with Crippen molar-refractivity contribution < 1.29 is 14.3 Å². The number of carbonyl (C=O) groups excluding carboxylic acids is 1. The largest absolute Gasteiger partial charge is 0.497 e. The number of benzene rings is 2. The number of para-hydroxylation sites is 1. The van der Waals surface area contributed by atoms with E-state index in [1.807, 2.05) is 44.2 Å². The topological polar surface area (TPSA) is 65.4 Å². The third-order valence-corrected chi connectivity index (χ3v) is 5.02. The van der Waals surface area contributed by atoms with Crippen LogP contribution >= 0.6 is 11.6 Å². The van der Waals surface area contributed by atoms with Crippen LogP contribution in [0.15, 0.2) is 48.5 Å². The van der Waals surface area contributed by atoms with E-state index in [-0.39, 0.29) is 11.9 Å². The fraction of sp³-hybridized carbons (Fsp3) is 0.273. The van der Waals surface area contributed by atoms with Crippen molar-refractivity contribution in [1.29, 1.82) is 0 Å². The first kappa shape index (κ1) is 20.7. The van der Waals surface area contributed by atoms with Crippen molar-refractivity contribution in [3.63, 3.8) is 0 Å². The van der Waals surface area contributed by atoms with E-state index in [1.165, 1.54) is 0 Å². The lowest BCUT2D eigenvalue weighted by Gasteiger charge is -2.13. The van der Waals surface area contributed by atoms with Crippen molar-refractivity contribution in [2.75, 3.05) is 14.2 Å². The zero-order valence-electron chi connectivity index (χ0n) is 16.9. The summed E-state index contributed by atoms with van der Waals surface area (Å²) in [5.41, 5.74) is 2.36. The van der Waals surface area contributed by atoms with Gasteiger partial charge in [-0.05, 0) is 43.7 Å². The Kier molecular flexibility index (Phi) is 6.44. The molecule has 0 aliphatic heterocycles. The first-order chi connectivity index (χ1) is 14.0. The molecule has 1 heterocycles. The van der Waals surface area contributed by atoms with Gasteiger partial charge in [0.2, 0.25) is 0 Å². The van der Waals surface area contributed by atoms with Crippen molar-refractivity contribution in [2.45, 2.75) is 26.3 Å². The summed E-state index contributed by atoms with van der Waals surface area (Å²) < 4.78 is 12.3. The van der Waals surface area contributed by atoms with E-state index in [2.05, 4.69) is 10.4 Å². The van der Waals surface area contributed by atoms with Crippen molar-refractivity contribution >= 4 is 17.5 Å². The molecule has 0 aliphatic rings. The van der Waals surface area contributed by atoms with Crippen LogP contribution in [0.5, 0.6) is 11.5 Å². The van der Waals surface area contributed by atoms with Gasteiger partial charge >= 0.3 is 0 Å². The summed E-state index contributed by atoms with van der Waals surface area (Å²) >= 11 is 6.39.